The Balaban J connectivity index is 0.000000354. The van der Waals surface area contributed by atoms with Crippen LogP contribution in [-0.2, 0) is 11.8 Å². The third-order valence-corrected chi connectivity index (χ3v) is 5.14. The third kappa shape index (κ3) is 4.63. The van der Waals surface area contributed by atoms with Gasteiger partial charge in [0.25, 0.3) is 0 Å². The molecular formula is C21H22F3N7O. The summed E-state index contributed by atoms with van der Waals surface area (Å²) in [5.41, 5.74) is 4.70. The number of morpholine rings is 1. The van der Waals surface area contributed by atoms with Gasteiger partial charge in [-0.25, -0.2) is 15.0 Å². The van der Waals surface area contributed by atoms with Crippen LogP contribution in [0.5, 0.6) is 0 Å². The van der Waals surface area contributed by atoms with E-state index in [-0.39, 0.29) is 6.42 Å². The van der Waals surface area contributed by atoms with E-state index in [1.807, 2.05) is 31.1 Å². The van der Waals surface area contributed by atoms with Gasteiger partial charge in [0.05, 0.1) is 30.2 Å². The predicted molar refractivity (Wildman–Crippen MR) is 112 cm³/mol. The molecule has 3 aromatic heterocycles. The molecule has 1 aliphatic heterocycles. The second kappa shape index (κ2) is 8.68. The molecule has 4 heterocycles. The second-order valence-electron chi connectivity index (χ2n) is 7.47. The van der Waals surface area contributed by atoms with Crippen LogP contribution in [0.1, 0.15) is 23.5 Å². The fraction of sp³-hybridized carbons (Fsp3) is 0.429. The highest BCUT2D eigenvalue weighted by Crippen LogP contribution is 2.40. The van der Waals surface area contributed by atoms with Crippen LogP contribution in [0.2, 0.25) is 0 Å². The number of hydrogen-bond donors (Lipinski definition) is 0. The lowest BCUT2D eigenvalue weighted by Crippen LogP contribution is -2.37. The first-order chi connectivity index (χ1) is 15.2. The van der Waals surface area contributed by atoms with Gasteiger partial charge in [-0.1, -0.05) is 0 Å². The molecular weight excluding hydrogens is 423 g/mol. The van der Waals surface area contributed by atoms with E-state index in [0.29, 0.717) is 60.4 Å². The zero-order valence-electron chi connectivity index (χ0n) is 17.9. The van der Waals surface area contributed by atoms with E-state index in [0.717, 1.165) is 5.69 Å². The molecule has 32 heavy (non-hydrogen) atoms. The highest BCUT2D eigenvalue weighted by Gasteiger charge is 2.38. The third-order valence-electron chi connectivity index (χ3n) is 5.14. The summed E-state index contributed by atoms with van der Waals surface area (Å²) in [7, 11) is 1.89. The predicted octanol–water partition coefficient (Wildman–Crippen LogP) is 3.17. The van der Waals surface area contributed by atoms with Crippen LogP contribution in [0, 0.1) is 13.8 Å². The number of rotatable bonds is 2. The van der Waals surface area contributed by atoms with Gasteiger partial charge in [-0.05, 0) is 19.9 Å². The van der Waals surface area contributed by atoms with Crippen molar-refractivity contribution >= 4 is 22.7 Å². The number of aryl methyl sites for hydroxylation is 3. The Hall–Kier alpha value is -3.30. The van der Waals surface area contributed by atoms with Gasteiger partial charge in [-0.3, -0.25) is 4.68 Å². The number of nitrogens with zero attached hydrogens (tertiary/aromatic N) is 7. The molecule has 1 fully saturated rings. The molecule has 3 aromatic rings. The fourth-order valence-electron chi connectivity index (χ4n) is 3.22. The lowest BCUT2D eigenvalue weighted by Gasteiger charge is -2.27. The Bertz CT molecular complexity index is 1190. The summed E-state index contributed by atoms with van der Waals surface area (Å²) in [6.45, 7) is 5.96. The first kappa shape index (κ1) is 21.9. The van der Waals surface area contributed by atoms with Crippen molar-refractivity contribution < 1.29 is 17.9 Å². The number of alkyl halides is 3. The number of fused-ring (bicyclic) bond motifs is 1. The van der Waals surface area contributed by atoms with E-state index >= 15 is 0 Å². The first-order valence-corrected chi connectivity index (χ1v) is 10.1. The number of hydrogen-bond acceptors (Lipinski definition) is 7. The van der Waals surface area contributed by atoms with Crippen molar-refractivity contribution in [2.45, 2.75) is 26.4 Å². The van der Waals surface area contributed by atoms with Crippen molar-refractivity contribution in [2.75, 3.05) is 31.2 Å². The van der Waals surface area contributed by atoms with Crippen LogP contribution in [0.25, 0.3) is 16.7 Å². The molecule has 11 heteroatoms. The summed E-state index contributed by atoms with van der Waals surface area (Å²) in [6, 6.07) is 1.89. The maximum absolute atomic E-state index is 12.8. The van der Waals surface area contributed by atoms with Crippen LogP contribution in [0.4, 0.5) is 19.1 Å². The van der Waals surface area contributed by atoms with Crippen molar-refractivity contribution in [3.05, 3.63) is 46.8 Å². The average molecular weight is 445 g/mol. The molecule has 8 nitrogen and oxygen atoms in total. The topological polar surface area (TPSA) is 81.9 Å². The summed E-state index contributed by atoms with van der Waals surface area (Å²) in [5, 5.41) is 3.83. The molecule has 1 aliphatic carbocycles. The average Bonchev–Trinajstić information content (AvgIpc) is 3.19. The van der Waals surface area contributed by atoms with Gasteiger partial charge in [0.1, 0.15) is 11.2 Å². The molecule has 0 unspecified atom stereocenters. The zero-order valence-corrected chi connectivity index (χ0v) is 17.9. The number of aromatic nitrogens is 6. The molecule has 0 spiro atoms. The summed E-state index contributed by atoms with van der Waals surface area (Å²) >= 11 is 0. The standard InChI is InChI=1S/C17H16F3N5O.C4H6N2/c1-9-10(2)22-15-14(21-9)13(11-7-12(8-11)17(18,19)20)23-16(24-15)25-3-5-26-6-4-25;1-6-4-2-3-5-6/h3-7H2,1-2H3;2-4H,1H3. The number of halogens is 3. The highest BCUT2D eigenvalue weighted by molar-refractivity contribution is 5.88. The summed E-state index contributed by atoms with van der Waals surface area (Å²) in [6.07, 6.45) is -0.954. The van der Waals surface area contributed by atoms with E-state index in [1.165, 1.54) is 0 Å². The Morgan fingerprint density at radius 3 is 2.28 bits per heavy atom. The number of allylic oxidation sites excluding steroid dienone is 1. The van der Waals surface area contributed by atoms with Crippen molar-refractivity contribution in [3.63, 3.8) is 0 Å². The molecule has 1 saturated heterocycles. The quantitative estimate of drug-likeness (QED) is 0.561. The molecule has 0 N–H and O–H groups in total. The summed E-state index contributed by atoms with van der Waals surface area (Å²) in [5.74, 6) is 0.433. The van der Waals surface area contributed by atoms with E-state index in [1.54, 1.807) is 17.8 Å². The normalized spacial score (nSPS) is 16.1. The van der Waals surface area contributed by atoms with Crippen LogP contribution in [-0.4, -0.2) is 62.2 Å². The Morgan fingerprint density at radius 2 is 1.72 bits per heavy atom. The molecule has 0 radical (unpaired) electrons. The van der Waals surface area contributed by atoms with E-state index in [4.69, 9.17) is 4.74 Å². The molecule has 0 aromatic carbocycles. The van der Waals surface area contributed by atoms with Crippen LogP contribution >= 0.6 is 0 Å². The lowest BCUT2D eigenvalue weighted by atomic mass is 9.93. The van der Waals surface area contributed by atoms with Crippen LogP contribution < -0.4 is 4.90 Å². The number of anilines is 1. The van der Waals surface area contributed by atoms with Crippen LogP contribution in [0.3, 0.4) is 0 Å². The minimum Gasteiger partial charge on any atom is -0.378 e. The molecule has 0 atom stereocenters. The van der Waals surface area contributed by atoms with Gasteiger partial charge < -0.3 is 9.64 Å². The van der Waals surface area contributed by atoms with Crippen molar-refractivity contribution in [1.29, 1.82) is 0 Å². The minimum atomic E-state index is -4.36. The van der Waals surface area contributed by atoms with Gasteiger partial charge in [-0.15, -0.1) is 5.73 Å². The molecule has 0 saturated carbocycles. The monoisotopic (exact) mass is 445 g/mol. The largest absolute Gasteiger partial charge is 0.420 e. The van der Waals surface area contributed by atoms with Gasteiger partial charge in [0, 0.05) is 44.5 Å². The van der Waals surface area contributed by atoms with Gasteiger partial charge in [0.15, 0.2) is 5.65 Å². The smallest absolute Gasteiger partial charge is 0.378 e. The minimum absolute atomic E-state index is 0.229. The van der Waals surface area contributed by atoms with E-state index in [9.17, 15) is 13.2 Å². The molecule has 168 valence electrons. The van der Waals surface area contributed by atoms with Gasteiger partial charge in [-0.2, -0.15) is 23.3 Å². The maximum Gasteiger partial charge on any atom is 0.420 e. The first-order valence-electron chi connectivity index (χ1n) is 10.1. The van der Waals surface area contributed by atoms with Crippen molar-refractivity contribution in [3.8, 4) is 0 Å². The number of ether oxygens (including phenoxy) is 1. The fourth-order valence-corrected chi connectivity index (χ4v) is 3.22. The molecule has 5 rings (SSSR count). The van der Waals surface area contributed by atoms with Gasteiger partial charge >= 0.3 is 6.18 Å². The SMILES string of the molecule is Cc1nc2nc(N3CCOCC3)nc(C3=C=C(C(F)(F)F)C3)c2nc1C.Cn1cccn1. The zero-order chi connectivity index (χ0) is 22.9. The van der Waals surface area contributed by atoms with Crippen molar-refractivity contribution in [2.24, 2.45) is 7.05 Å². The highest BCUT2D eigenvalue weighted by atomic mass is 19.4. The van der Waals surface area contributed by atoms with E-state index < -0.39 is 11.7 Å². The Labute approximate surface area is 182 Å². The second-order valence-corrected chi connectivity index (χ2v) is 7.47. The summed E-state index contributed by atoms with van der Waals surface area (Å²) < 4.78 is 45.5. The lowest BCUT2D eigenvalue weighted by molar-refractivity contribution is -0.0934. The maximum atomic E-state index is 12.8. The van der Waals surface area contributed by atoms with Crippen molar-refractivity contribution in [1.82, 2.24) is 29.7 Å². The Morgan fingerprint density at radius 1 is 1.03 bits per heavy atom. The summed E-state index contributed by atoms with van der Waals surface area (Å²) in [4.78, 5) is 19.9. The van der Waals surface area contributed by atoms with E-state index in [2.05, 4.69) is 30.8 Å². The van der Waals surface area contributed by atoms with Crippen LogP contribution in [0.15, 0.2) is 29.8 Å². The Kier molecular flexibility index (Phi) is 5.94. The molecule has 2 aliphatic rings. The molecule has 0 bridgehead atoms. The van der Waals surface area contributed by atoms with Gasteiger partial charge in [0.2, 0.25) is 5.95 Å². The molecule has 0 amide bonds.